The molecule has 0 heterocycles. The number of carbonyl (C=O) groups is 2. The minimum Gasteiger partial charge on any atom is -0.347 e. The van der Waals surface area contributed by atoms with Crippen molar-refractivity contribution in [1.29, 1.82) is 0 Å². The molecule has 0 aromatic heterocycles. The SMILES string of the molecule is O=C(CNC(=O)C1CC1)NC(Cc1ccc(F)cc1)c1ccccc1. The first-order valence-corrected chi connectivity index (χ1v) is 8.48. The summed E-state index contributed by atoms with van der Waals surface area (Å²) in [6.45, 7) is -0.0257. The van der Waals surface area contributed by atoms with E-state index in [1.54, 1.807) is 12.1 Å². The van der Waals surface area contributed by atoms with Crippen molar-refractivity contribution >= 4 is 11.8 Å². The summed E-state index contributed by atoms with van der Waals surface area (Å²) in [4.78, 5) is 23.9. The highest BCUT2D eigenvalue weighted by Gasteiger charge is 2.29. The average Bonchev–Trinajstić information content (AvgIpc) is 3.47. The summed E-state index contributed by atoms with van der Waals surface area (Å²) in [5.41, 5.74) is 1.89. The fourth-order valence-corrected chi connectivity index (χ4v) is 2.70. The molecule has 0 radical (unpaired) electrons. The molecule has 1 aliphatic carbocycles. The summed E-state index contributed by atoms with van der Waals surface area (Å²) < 4.78 is 13.1. The molecular formula is C20H21FN2O2. The van der Waals surface area contributed by atoms with Crippen molar-refractivity contribution in [3.05, 3.63) is 71.5 Å². The lowest BCUT2D eigenvalue weighted by molar-refractivity contribution is -0.127. The van der Waals surface area contributed by atoms with Crippen LogP contribution in [0.3, 0.4) is 0 Å². The van der Waals surface area contributed by atoms with Gasteiger partial charge in [0.2, 0.25) is 11.8 Å². The maximum Gasteiger partial charge on any atom is 0.239 e. The Morgan fingerprint density at radius 1 is 1.04 bits per heavy atom. The minimum absolute atomic E-state index is 0.0257. The zero-order chi connectivity index (χ0) is 17.6. The van der Waals surface area contributed by atoms with Crippen LogP contribution in [0.4, 0.5) is 4.39 Å². The first kappa shape index (κ1) is 17.1. The number of hydrogen-bond acceptors (Lipinski definition) is 2. The molecule has 1 atom stereocenters. The van der Waals surface area contributed by atoms with Crippen LogP contribution < -0.4 is 10.6 Å². The van der Waals surface area contributed by atoms with Gasteiger partial charge >= 0.3 is 0 Å². The van der Waals surface area contributed by atoms with E-state index in [1.807, 2.05) is 30.3 Å². The van der Waals surface area contributed by atoms with Crippen LogP contribution in [-0.2, 0) is 16.0 Å². The second-order valence-corrected chi connectivity index (χ2v) is 6.35. The second kappa shape index (κ2) is 7.92. The molecule has 4 nitrogen and oxygen atoms in total. The Hall–Kier alpha value is -2.69. The van der Waals surface area contributed by atoms with Gasteiger partial charge in [-0.25, -0.2) is 4.39 Å². The summed E-state index contributed by atoms with van der Waals surface area (Å²) in [7, 11) is 0. The van der Waals surface area contributed by atoms with Crippen LogP contribution in [-0.4, -0.2) is 18.4 Å². The fraction of sp³-hybridized carbons (Fsp3) is 0.300. The van der Waals surface area contributed by atoms with Crippen molar-refractivity contribution in [3.63, 3.8) is 0 Å². The van der Waals surface area contributed by atoms with Crippen LogP contribution in [0.5, 0.6) is 0 Å². The van der Waals surface area contributed by atoms with Crippen molar-refractivity contribution in [2.75, 3.05) is 6.54 Å². The zero-order valence-corrected chi connectivity index (χ0v) is 13.9. The lowest BCUT2D eigenvalue weighted by Gasteiger charge is -2.20. The van der Waals surface area contributed by atoms with Gasteiger partial charge in [0.05, 0.1) is 12.6 Å². The van der Waals surface area contributed by atoms with Crippen molar-refractivity contribution < 1.29 is 14.0 Å². The molecule has 3 rings (SSSR count). The summed E-state index contributed by atoms with van der Waals surface area (Å²) in [6.07, 6.45) is 2.36. The van der Waals surface area contributed by atoms with E-state index in [0.717, 1.165) is 24.0 Å². The van der Waals surface area contributed by atoms with Crippen LogP contribution in [0.2, 0.25) is 0 Å². The maximum atomic E-state index is 13.1. The highest BCUT2D eigenvalue weighted by Crippen LogP contribution is 2.28. The topological polar surface area (TPSA) is 58.2 Å². The van der Waals surface area contributed by atoms with E-state index in [9.17, 15) is 14.0 Å². The van der Waals surface area contributed by atoms with Crippen molar-refractivity contribution in [2.45, 2.75) is 25.3 Å². The molecule has 0 aliphatic heterocycles. The molecule has 5 heteroatoms. The molecule has 2 amide bonds. The van der Waals surface area contributed by atoms with Crippen LogP contribution in [0.25, 0.3) is 0 Å². The largest absolute Gasteiger partial charge is 0.347 e. The third kappa shape index (κ3) is 5.14. The van der Waals surface area contributed by atoms with E-state index in [2.05, 4.69) is 10.6 Å². The number of carbonyl (C=O) groups excluding carboxylic acids is 2. The molecular weight excluding hydrogens is 319 g/mol. The molecule has 1 unspecified atom stereocenters. The number of hydrogen-bond donors (Lipinski definition) is 2. The minimum atomic E-state index is -0.285. The molecule has 25 heavy (non-hydrogen) atoms. The van der Waals surface area contributed by atoms with Crippen molar-refractivity contribution in [1.82, 2.24) is 10.6 Å². The van der Waals surface area contributed by atoms with E-state index >= 15 is 0 Å². The van der Waals surface area contributed by atoms with Crippen LogP contribution >= 0.6 is 0 Å². The zero-order valence-electron chi connectivity index (χ0n) is 13.9. The maximum absolute atomic E-state index is 13.1. The van der Waals surface area contributed by atoms with E-state index in [0.29, 0.717) is 6.42 Å². The van der Waals surface area contributed by atoms with Gasteiger partial charge in [0, 0.05) is 5.92 Å². The van der Waals surface area contributed by atoms with E-state index in [4.69, 9.17) is 0 Å². The molecule has 1 saturated carbocycles. The molecule has 2 N–H and O–H groups in total. The van der Waals surface area contributed by atoms with E-state index in [1.165, 1.54) is 12.1 Å². The third-order valence-corrected chi connectivity index (χ3v) is 4.26. The van der Waals surface area contributed by atoms with E-state index < -0.39 is 0 Å². The van der Waals surface area contributed by atoms with Gasteiger partial charge in [-0.1, -0.05) is 42.5 Å². The highest BCUT2D eigenvalue weighted by atomic mass is 19.1. The molecule has 1 aliphatic rings. The smallest absolute Gasteiger partial charge is 0.239 e. The first-order chi connectivity index (χ1) is 12.1. The molecule has 0 bridgehead atoms. The monoisotopic (exact) mass is 340 g/mol. The van der Waals surface area contributed by atoms with Gasteiger partial charge in [0.1, 0.15) is 5.82 Å². The summed E-state index contributed by atoms with van der Waals surface area (Å²) in [5.74, 6) is -0.487. The van der Waals surface area contributed by atoms with Gasteiger partial charge in [-0.2, -0.15) is 0 Å². The quantitative estimate of drug-likeness (QED) is 0.814. The fourth-order valence-electron chi connectivity index (χ4n) is 2.70. The predicted octanol–water partition coefficient (Wildman–Crippen LogP) is 2.75. The number of amides is 2. The van der Waals surface area contributed by atoms with Crippen molar-refractivity contribution in [3.8, 4) is 0 Å². The predicted molar refractivity (Wildman–Crippen MR) is 93.2 cm³/mol. The standard InChI is InChI=1S/C20H21FN2O2/c21-17-10-6-14(7-11-17)12-18(15-4-2-1-3-5-15)23-19(24)13-22-20(25)16-8-9-16/h1-7,10-11,16,18H,8-9,12-13H2,(H,22,25)(H,23,24). The van der Waals surface area contributed by atoms with E-state index in [-0.39, 0.29) is 36.1 Å². The number of nitrogens with one attached hydrogen (secondary N) is 2. The van der Waals surface area contributed by atoms with Gasteiger partial charge in [-0.15, -0.1) is 0 Å². The van der Waals surface area contributed by atoms with Gasteiger partial charge < -0.3 is 10.6 Å². The van der Waals surface area contributed by atoms with Gasteiger partial charge in [-0.3, -0.25) is 9.59 Å². The Morgan fingerprint density at radius 2 is 1.72 bits per heavy atom. The second-order valence-electron chi connectivity index (χ2n) is 6.35. The lowest BCUT2D eigenvalue weighted by atomic mass is 9.99. The number of benzene rings is 2. The molecule has 0 saturated heterocycles. The third-order valence-electron chi connectivity index (χ3n) is 4.26. The number of halogens is 1. The lowest BCUT2D eigenvalue weighted by Crippen LogP contribution is -2.39. The molecule has 0 spiro atoms. The Kier molecular flexibility index (Phi) is 5.43. The van der Waals surface area contributed by atoms with Gasteiger partial charge in [-0.05, 0) is 42.5 Å². The van der Waals surface area contributed by atoms with Gasteiger partial charge in [0.25, 0.3) is 0 Å². The molecule has 130 valence electrons. The average molecular weight is 340 g/mol. The van der Waals surface area contributed by atoms with Crippen molar-refractivity contribution in [2.24, 2.45) is 5.92 Å². The highest BCUT2D eigenvalue weighted by molar-refractivity contribution is 5.87. The van der Waals surface area contributed by atoms with Crippen LogP contribution in [0.15, 0.2) is 54.6 Å². The normalized spacial score (nSPS) is 14.6. The Bertz CT molecular complexity index is 727. The first-order valence-electron chi connectivity index (χ1n) is 8.48. The summed E-state index contributed by atoms with van der Waals surface area (Å²) >= 11 is 0. The van der Waals surface area contributed by atoms with Crippen LogP contribution in [0, 0.1) is 11.7 Å². The summed E-state index contributed by atoms with van der Waals surface area (Å²) in [5, 5.41) is 5.64. The van der Waals surface area contributed by atoms with Crippen LogP contribution in [0.1, 0.15) is 30.0 Å². The Morgan fingerprint density at radius 3 is 2.36 bits per heavy atom. The molecule has 1 fully saturated rings. The Labute approximate surface area is 146 Å². The summed E-state index contributed by atoms with van der Waals surface area (Å²) in [6, 6.07) is 15.6. The number of rotatable bonds is 7. The molecule has 2 aromatic rings. The van der Waals surface area contributed by atoms with Gasteiger partial charge in [0.15, 0.2) is 0 Å². The molecule has 2 aromatic carbocycles. The Balaban J connectivity index is 1.64.